The smallest absolute Gasteiger partial charge is 0.267 e. The molecule has 56 heavy (non-hydrogen) atoms. The highest BCUT2D eigenvalue weighted by Crippen LogP contribution is 2.55. The fourth-order valence-corrected chi connectivity index (χ4v) is 12.1. The summed E-state index contributed by atoms with van der Waals surface area (Å²) in [6.07, 6.45) is 9.15. The number of hydrogen-bond donors (Lipinski definition) is 0. The second-order valence-corrected chi connectivity index (χ2v) is 22.5. The number of halogens is 1. The lowest BCUT2D eigenvalue weighted by atomic mass is 9.90. The second kappa shape index (κ2) is 17.7. The van der Waals surface area contributed by atoms with Gasteiger partial charge in [-0.1, -0.05) is 133 Å². The molecule has 3 aromatic heterocycles. The molecule has 6 rings (SSSR count). The van der Waals surface area contributed by atoms with Crippen LogP contribution in [0, 0.1) is 15.4 Å². The molecule has 5 nitrogen and oxygen atoms in total. The number of rotatable bonds is 17. The third kappa shape index (κ3) is 8.57. The molecule has 0 aliphatic carbocycles. The number of thiophene rings is 3. The van der Waals surface area contributed by atoms with E-state index in [0.29, 0.717) is 41.9 Å². The predicted molar refractivity (Wildman–Crippen MR) is 253 cm³/mol. The summed E-state index contributed by atoms with van der Waals surface area (Å²) >= 11 is 4.74. The average molecular weight is 926 g/mol. The van der Waals surface area contributed by atoms with Gasteiger partial charge in [0.25, 0.3) is 11.8 Å². The van der Waals surface area contributed by atoms with Crippen LogP contribution in [0.25, 0.3) is 29.9 Å². The number of carbonyl (C=O) groups is 2. The lowest BCUT2D eigenvalue weighted by Gasteiger charge is -2.19. The van der Waals surface area contributed by atoms with Crippen LogP contribution in [-0.2, 0) is 10.8 Å². The van der Waals surface area contributed by atoms with E-state index in [-0.39, 0.29) is 43.4 Å². The third-order valence-electron chi connectivity index (χ3n) is 11.0. The SMILES string of the molecule is C=Ic1ccc(N2C(=O)c3c(-c4cc5c(OCC(CC)CCCC)c6sc(C(C)(C)C)cc6c(OCC(CC)CCCC)c5s4)sc(C(C)(C)C)c3C2=O)cc1. The van der Waals surface area contributed by atoms with Crippen molar-refractivity contribution >= 4 is 96.9 Å². The highest BCUT2D eigenvalue weighted by Gasteiger charge is 2.45. The van der Waals surface area contributed by atoms with Crippen LogP contribution in [-0.4, -0.2) is 29.5 Å². The average Bonchev–Trinajstić information content (AvgIpc) is 3.95. The van der Waals surface area contributed by atoms with Crippen molar-refractivity contribution in [3.8, 4) is 21.3 Å². The molecule has 9 heteroatoms. The Labute approximate surface area is 356 Å². The molecule has 0 N–H and O–H groups in total. The number of fused-ring (bicyclic) bond motifs is 3. The summed E-state index contributed by atoms with van der Waals surface area (Å²) in [6, 6.07) is 12.3. The first-order valence-electron chi connectivity index (χ1n) is 20.5. The number of anilines is 1. The molecule has 0 fully saturated rings. The highest BCUT2D eigenvalue weighted by molar-refractivity contribution is 14.2. The number of hydrogen-bond acceptors (Lipinski definition) is 7. The van der Waals surface area contributed by atoms with Gasteiger partial charge >= 0.3 is 0 Å². The van der Waals surface area contributed by atoms with E-state index in [1.54, 1.807) is 22.7 Å². The lowest BCUT2D eigenvalue weighted by Crippen LogP contribution is -2.30. The third-order valence-corrected chi connectivity index (χ3v) is 17.1. The van der Waals surface area contributed by atoms with Crippen molar-refractivity contribution in [2.75, 3.05) is 18.1 Å². The normalized spacial score (nSPS) is 14.6. The van der Waals surface area contributed by atoms with E-state index in [1.807, 2.05) is 35.6 Å². The Morgan fingerprint density at radius 1 is 0.714 bits per heavy atom. The Morgan fingerprint density at radius 3 is 1.75 bits per heavy atom. The van der Waals surface area contributed by atoms with E-state index in [4.69, 9.17) is 9.47 Å². The molecule has 2 unspecified atom stereocenters. The summed E-state index contributed by atoms with van der Waals surface area (Å²) in [5.74, 6) is 2.27. The molecule has 5 aromatic rings. The van der Waals surface area contributed by atoms with Crippen LogP contribution < -0.4 is 14.4 Å². The maximum Gasteiger partial charge on any atom is 0.267 e. The minimum Gasteiger partial charge on any atom is -0.491 e. The summed E-state index contributed by atoms with van der Waals surface area (Å²) in [5, 5.41) is 2.14. The van der Waals surface area contributed by atoms with Crippen LogP contribution in [0.2, 0.25) is 0 Å². The Morgan fingerprint density at radius 2 is 1.25 bits per heavy atom. The molecule has 1 aliphatic rings. The monoisotopic (exact) mass is 925 g/mol. The summed E-state index contributed by atoms with van der Waals surface area (Å²) in [5.41, 5.74) is 1.29. The number of ether oxygens (including phenoxy) is 2. The summed E-state index contributed by atoms with van der Waals surface area (Å²) < 4.78 is 21.5. The fourth-order valence-electron chi connectivity index (χ4n) is 7.44. The van der Waals surface area contributed by atoms with Gasteiger partial charge in [0.1, 0.15) is 11.5 Å². The van der Waals surface area contributed by atoms with Crippen LogP contribution >= 0.6 is 54.7 Å². The molecular formula is C47H60INO4S3. The molecule has 302 valence electrons. The van der Waals surface area contributed by atoms with Crippen LogP contribution in [0.3, 0.4) is 0 Å². The van der Waals surface area contributed by atoms with E-state index in [0.717, 1.165) is 72.0 Å². The van der Waals surface area contributed by atoms with Crippen molar-refractivity contribution in [2.45, 2.75) is 131 Å². The van der Waals surface area contributed by atoms with Gasteiger partial charge in [-0.3, -0.25) is 9.59 Å². The second-order valence-electron chi connectivity index (χ2n) is 17.4. The first-order chi connectivity index (χ1) is 26.7. The number of unbranched alkanes of at least 4 members (excludes halogenated alkanes) is 2. The van der Waals surface area contributed by atoms with Gasteiger partial charge in [-0.2, -0.15) is 0 Å². The molecule has 2 atom stereocenters. The van der Waals surface area contributed by atoms with Crippen LogP contribution in [0.15, 0.2) is 36.4 Å². The molecule has 1 aliphatic heterocycles. The van der Waals surface area contributed by atoms with E-state index in [2.05, 4.69) is 85.9 Å². The van der Waals surface area contributed by atoms with Crippen molar-refractivity contribution in [3.63, 3.8) is 0 Å². The van der Waals surface area contributed by atoms with Gasteiger partial charge in [0, 0.05) is 29.0 Å². The zero-order valence-electron chi connectivity index (χ0n) is 35.1. The molecule has 4 heterocycles. The van der Waals surface area contributed by atoms with Gasteiger partial charge in [-0.05, 0) is 71.9 Å². The number of carbonyl (C=O) groups excluding carboxylic acids is 2. The summed E-state index contributed by atoms with van der Waals surface area (Å²) in [7, 11) is 0. The van der Waals surface area contributed by atoms with Crippen LogP contribution in [0.1, 0.15) is 151 Å². The minimum absolute atomic E-state index is 0.0358. The Kier molecular flexibility index (Phi) is 13.6. The predicted octanol–water partition coefficient (Wildman–Crippen LogP) is 15.0. The molecule has 0 bridgehead atoms. The number of amides is 2. The van der Waals surface area contributed by atoms with E-state index < -0.39 is 0 Å². The van der Waals surface area contributed by atoms with Gasteiger partial charge < -0.3 is 9.47 Å². The minimum atomic E-state index is -0.345. The molecule has 0 radical (unpaired) electrons. The molecule has 2 amide bonds. The van der Waals surface area contributed by atoms with Crippen LogP contribution in [0.4, 0.5) is 5.69 Å². The quantitative estimate of drug-likeness (QED) is 0.0689. The molecular weight excluding hydrogens is 866 g/mol. The van der Waals surface area contributed by atoms with Crippen molar-refractivity contribution in [2.24, 2.45) is 11.8 Å². The van der Waals surface area contributed by atoms with Crippen molar-refractivity contribution in [3.05, 3.63) is 60.8 Å². The fraction of sp³-hybridized carbons (Fsp3) is 0.511. The zero-order valence-corrected chi connectivity index (χ0v) is 39.7. The number of benzene rings is 2. The van der Waals surface area contributed by atoms with E-state index in [9.17, 15) is 9.59 Å². The first-order valence-corrected chi connectivity index (χ1v) is 25.6. The van der Waals surface area contributed by atoms with Gasteiger partial charge in [-0.25, -0.2) is 4.90 Å². The molecule has 2 aromatic carbocycles. The number of nitrogens with zero attached hydrogens (tertiary/aromatic N) is 1. The molecule has 0 saturated heterocycles. The topological polar surface area (TPSA) is 55.8 Å². The maximum atomic E-state index is 14.6. The summed E-state index contributed by atoms with van der Waals surface area (Å²) in [6.45, 7) is 23.6. The van der Waals surface area contributed by atoms with Gasteiger partial charge in [-0.15, -0.1) is 34.0 Å². The first kappa shape index (κ1) is 43.0. The maximum absolute atomic E-state index is 14.6. The van der Waals surface area contributed by atoms with Crippen molar-refractivity contribution in [1.29, 1.82) is 0 Å². The Bertz CT molecular complexity index is 2140. The standard InChI is InChI=1S/C47H60INO4S3/c1-12-16-18-28(14-3)26-52-38-32-24-34(54-40(32)39(53-27-29(15-4)19-17-13-2)33-25-35(46(5,6)7)55-41(33)38)42-36-37(43(56-42)47(8,9)10)45(51)49(44(36)50)31-22-20-30(48-11)21-23-31/h20-25,28-29H,11-19,26-27H2,1-10H3. The van der Waals surface area contributed by atoms with E-state index >= 15 is 0 Å². The zero-order chi connectivity index (χ0) is 40.5. The van der Waals surface area contributed by atoms with Gasteiger partial charge in [0.2, 0.25) is 0 Å². The lowest BCUT2D eigenvalue weighted by molar-refractivity contribution is 0.0925. The van der Waals surface area contributed by atoms with Gasteiger partial charge in [0.05, 0.1) is 44.3 Å². The highest BCUT2D eigenvalue weighted by atomic mass is 127. The van der Waals surface area contributed by atoms with Crippen molar-refractivity contribution < 1.29 is 19.1 Å². The molecule has 0 spiro atoms. The molecule has 0 saturated carbocycles. The number of imide groups is 1. The van der Waals surface area contributed by atoms with Gasteiger partial charge in [0.15, 0.2) is 0 Å². The Balaban J connectivity index is 1.58. The van der Waals surface area contributed by atoms with Crippen LogP contribution in [0.5, 0.6) is 11.5 Å². The van der Waals surface area contributed by atoms with E-state index in [1.165, 1.54) is 39.0 Å². The summed E-state index contributed by atoms with van der Waals surface area (Å²) in [4.78, 5) is 34.4. The Hall–Kier alpha value is -2.60. The van der Waals surface area contributed by atoms with Crippen molar-refractivity contribution in [1.82, 2.24) is 0 Å². The largest absolute Gasteiger partial charge is 0.491 e.